The zero-order valence-electron chi connectivity index (χ0n) is 10.6. The van der Waals surface area contributed by atoms with E-state index in [0.29, 0.717) is 5.92 Å². The first-order valence-electron chi connectivity index (χ1n) is 6.11. The van der Waals surface area contributed by atoms with Gasteiger partial charge in [0.1, 0.15) is 0 Å². The number of nitrogens with zero attached hydrogens (tertiary/aromatic N) is 2. The van der Waals surface area contributed by atoms with Gasteiger partial charge in [0.2, 0.25) is 0 Å². The molecule has 0 saturated carbocycles. The summed E-state index contributed by atoms with van der Waals surface area (Å²) in [6.07, 6.45) is 1.11. The van der Waals surface area contributed by atoms with E-state index in [0.717, 1.165) is 29.2 Å². The number of rotatable bonds is 3. The lowest BCUT2D eigenvalue weighted by Crippen LogP contribution is -1.97. The SMILES string of the molecule is CCC(C)c1cccc(-c2cccc(C)n2)n1. The number of pyridine rings is 2. The van der Waals surface area contributed by atoms with Crippen LogP contribution in [0.3, 0.4) is 0 Å². The summed E-state index contributed by atoms with van der Waals surface area (Å²) in [5.41, 5.74) is 4.09. The third-order valence-electron chi connectivity index (χ3n) is 3.04. The molecule has 0 fully saturated rings. The Morgan fingerprint density at radius 3 is 2.29 bits per heavy atom. The van der Waals surface area contributed by atoms with Crippen LogP contribution in [0.1, 0.15) is 37.6 Å². The van der Waals surface area contributed by atoms with Crippen LogP contribution in [0.25, 0.3) is 11.4 Å². The van der Waals surface area contributed by atoms with Crippen LogP contribution in [0.15, 0.2) is 36.4 Å². The largest absolute Gasteiger partial charge is 0.251 e. The molecule has 2 nitrogen and oxygen atoms in total. The quantitative estimate of drug-likeness (QED) is 0.791. The highest BCUT2D eigenvalue weighted by Crippen LogP contribution is 2.20. The van der Waals surface area contributed by atoms with Crippen molar-refractivity contribution < 1.29 is 0 Å². The van der Waals surface area contributed by atoms with Gasteiger partial charge in [-0.1, -0.05) is 26.0 Å². The van der Waals surface area contributed by atoms with Gasteiger partial charge in [-0.15, -0.1) is 0 Å². The lowest BCUT2D eigenvalue weighted by Gasteiger charge is -2.09. The second-order valence-electron chi connectivity index (χ2n) is 4.42. The summed E-state index contributed by atoms with van der Waals surface area (Å²) in [5, 5.41) is 0. The van der Waals surface area contributed by atoms with Gasteiger partial charge in [-0.05, 0) is 43.5 Å². The van der Waals surface area contributed by atoms with E-state index in [9.17, 15) is 0 Å². The molecule has 0 amide bonds. The van der Waals surface area contributed by atoms with Gasteiger partial charge >= 0.3 is 0 Å². The van der Waals surface area contributed by atoms with E-state index in [1.165, 1.54) is 0 Å². The van der Waals surface area contributed by atoms with Crippen molar-refractivity contribution in [2.45, 2.75) is 33.1 Å². The first-order chi connectivity index (χ1) is 8.20. The summed E-state index contributed by atoms with van der Waals surface area (Å²) in [7, 11) is 0. The molecule has 0 N–H and O–H groups in total. The molecule has 2 heterocycles. The molecule has 2 aromatic heterocycles. The molecule has 2 rings (SSSR count). The van der Waals surface area contributed by atoms with Crippen LogP contribution < -0.4 is 0 Å². The van der Waals surface area contributed by atoms with Crippen molar-refractivity contribution in [3.05, 3.63) is 47.8 Å². The fourth-order valence-electron chi connectivity index (χ4n) is 1.76. The molecule has 0 aliphatic rings. The van der Waals surface area contributed by atoms with Crippen molar-refractivity contribution in [3.8, 4) is 11.4 Å². The Bertz CT molecular complexity index is 506. The van der Waals surface area contributed by atoms with Gasteiger partial charge in [0.05, 0.1) is 11.4 Å². The molecule has 0 saturated heterocycles. The molecule has 0 radical (unpaired) electrons. The molecule has 2 aromatic rings. The number of hydrogen-bond donors (Lipinski definition) is 0. The summed E-state index contributed by atoms with van der Waals surface area (Å²) >= 11 is 0. The van der Waals surface area contributed by atoms with Crippen LogP contribution >= 0.6 is 0 Å². The molecule has 2 heteroatoms. The predicted molar refractivity (Wildman–Crippen MR) is 70.9 cm³/mol. The molecule has 0 aliphatic carbocycles. The Morgan fingerprint density at radius 1 is 1.00 bits per heavy atom. The molecule has 88 valence electrons. The minimum atomic E-state index is 0.500. The summed E-state index contributed by atoms with van der Waals surface area (Å²) in [4.78, 5) is 9.20. The Hall–Kier alpha value is -1.70. The van der Waals surface area contributed by atoms with Crippen LogP contribution in [-0.2, 0) is 0 Å². The van der Waals surface area contributed by atoms with E-state index in [1.54, 1.807) is 0 Å². The highest BCUT2D eigenvalue weighted by Gasteiger charge is 2.07. The van der Waals surface area contributed by atoms with Crippen LogP contribution in [0.5, 0.6) is 0 Å². The maximum absolute atomic E-state index is 4.69. The molecule has 0 spiro atoms. The van der Waals surface area contributed by atoms with Crippen molar-refractivity contribution in [3.63, 3.8) is 0 Å². The van der Waals surface area contributed by atoms with E-state index in [-0.39, 0.29) is 0 Å². The van der Waals surface area contributed by atoms with Gasteiger partial charge in [0.15, 0.2) is 0 Å². The van der Waals surface area contributed by atoms with Gasteiger partial charge < -0.3 is 0 Å². The Labute approximate surface area is 103 Å². The minimum Gasteiger partial charge on any atom is -0.251 e. The maximum atomic E-state index is 4.69. The van der Waals surface area contributed by atoms with E-state index >= 15 is 0 Å². The van der Waals surface area contributed by atoms with E-state index < -0.39 is 0 Å². The Morgan fingerprint density at radius 2 is 1.65 bits per heavy atom. The fourth-order valence-corrected chi connectivity index (χ4v) is 1.76. The van der Waals surface area contributed by atoms with Gasteiger partial charge in [0, 0.05) is 11.4 Å². The summed E-state index contributed by atoms with van der Waals surface area (Å²) in [6, 6.07) is 12.2. The van der Waals surface area contributed by atoms with Crippen LogP contribution in [0.2, 0.25) is 0 Å². The second kappa shape index (κ2) is 5.09. The van der Waals surface area contributed by atoms with Gasteiger partial charge in [-0.2, -0.15) is 0 Å². The molecule has 1 unspecified atom stereocenters. The first kappa shape index (κ1) is 11.8. The molecule has 0 aromatic carbocycles. The predicted octanol–water partition coefficient (Wildman–Crippen LogP) is 3.97. The molecule has 1 atom stereocenters. The molecular weight excluding hydrogens is 208 g/mol. The highest BCUT2D eigenvalue weighted by atomic mass is 14.8. The van der Waals surface area contributed by atoms with Crippen LogP contribution in [-0.4, -0.2) is 9.97 Å². The van der Waals surface area contributed by atoms with Gasteiger partial charge in [-0.3, -0.25) is 9.97 Å². The van der Waals surface area contributed by atoms with Crippen molar-refractivity contribution >= 4 is 0 Å². The standard InChI is InChI=1S/C15H18N2/c1-4-11(2)13-8-6-10-15(17-13)14-9-5-7-12(3)16-14/h5-11H,4H2,1-3H3. The smallest absolute Gasteiger partial charge is 0.0889 e. The molecule has 17 heavy (non-hydrogen) atoms. The maximum Gasteiger partial charge on any atom is 0.0889 e. The third-order valence-corrected chi connectivity index (χ3v) is 3.04. The zero-order valence-corrected chi connectivity index (χ0v) is 10.6. The van der Waals surface area contributed by atoms with Crippen molar-refractivity contribution in [1.82, 2.24) is 9.97 Å². The fraction of sp³-hybridized carbons (Fsp3) is 0.333. The Kier molecular flexibility index (Phi) is 3.52. The lowest BCUT2D eigenvalue weighted by molar-refractivity contribution is 0.709. The molecule has 0 bridgehead atoms. The lowest BCUT2D eigenvalue weighted by atomic mass is 10.0. The van der Waals surface area contributed by atoms with E-state index in [1.807, 2.05) is 31.2 Å². The Balaban J connectivity index is 2.39. The zero-order chi connectivity index (χ0) is 12.3. The van der Waals surface area contributed by atoms with Gasteiger partial charge in [0.25, 0.3) is 0 Å². The second-order valence-corrected chi connectivity index (χ2v) is 4.42. The molecule has 0 aliphatic heterocycles. The number of hydrogen-bond acceptors (Lipinski definition) is 2. The van der Waals surface area contributed by atoms with Crippen LogP contribution in [0.4, 0.5) is 0 Å². The minimum absolute atomic E-state index is 0.500. The highest BCUT2D eigenvalue weighted by molar-refractivity contribution is 5.54. The average Bonchev–Trinajstić information content (AvgIpc) is 2.38. The van der Waals surface area contributed by atoms with E-state index in [2.05, 4.69) is 31.0 Å². The van der Waals surface area contributed by atoms with E-state index in [4.69, 9.17) is 4.98 Å². The number of aromatic nitrogens is 2. The third kappa shape index (κ3) is 2.70. The normalized spacial score (nSPS) is 12.4. The average molecular weight is 226 g/mol. The van der Waals surface area contributed by atoms with Gasteiger partial charge in [-0.25, -0.2) is 0 Å². The summed E-state index contributed by atoms with van der Waals surface area (Å²) < 4.78 is 0. The number of aryl methyl sites for hydroxylation is 1. The summed E-state index contributed by atoms with van der Waals surface area (Å²) in [6.45, 7) is 6.39. The monoisotopic (exact) mass is 226 g/mol. The van der Waals surface area contributed by atoms with Crippen molar-refractivity contribution in [2.75, 3.05) is 0 Å². The topological polar surface area (TPSA) is 25.8 Å². The first-order valence-corrected chi connectivity index (χ1v) is 6.11. The summed E-state index contributed by atoms with van der Waals surface area (Å²) in [5.74, 6) is 0.500. The van der Waals surface area contributed by atoms with Crippen molar-refractivity contribution in [2.24, 2.45) is 0 Å². The molecular formula is C15H18N2. The van der Waals surface area contributed by atoms with Crippen LogP contribution in [0, 0.1) is 6.92 Å². The van der Waals surface area contributed by atoms with Crippen molar-refractivity contribution in [1.29, 1.82) is 0 Å².